The maximum atomic E-state index is 4.65. The Bertz CT molecular complexity index is 455. The van der Waals surface area contributed by atoms with E-state index in [1.807, 2.05) is 0 Å². The molecule has 4 heteroatoms. The molecule has 120 valence electrons. The molecule has 0 saturated heterocycles. The van der Waals surface area contributed by atoms with Crippen LogP contribution in [0.15, 0.2) is 4.47 Å². The van der Waals surface area contributed by atoms with Crippen LogP contribution >= 0.6 is 15.9 Å². The summed E-state index contributed by atoms with van der Waals surface area (Å²) in [7, 11) is 2.08. The Morgan fingerprint density at radius 1 is 1.29 bits per heavy atom. The number of hydrogen-bond donors (Lipinski definition) is 1. The lowest BCUT2D eigenvalue weighted by molar-refractivity contribution is 0.197. The van der Waals surface area contributed by atoms with Crippen LogP contribution in [0.1, 0.15) is 57.8 Å². The summed E-state index contributed by atoms with van der Waals surface area (Å²) in [6.07, 6.45) is 7.52. The molecule has 1 aromatic rings. The molecule has 0 spiro atoms. The van der Waals surface area contributed by atoms with Crippen LogP contribution in [0.5, 0.6) is 0 Å². The highest BCUT2D eigenvalue weighted by atomic mass is 79.9. The van der Waals surface area contributed by atoms with Crippen LogP contribution in [-0.2, 0) is 19.9 Å². The summed E-state index contributed by atoms with van der Waals surface area (Å²) in [4.78, 5) is 0. The Morgan fingerprint density at radius 2 is 2.05 bits per heavy atom. The molecule has 1 aliphatic carbocycles. The minimum absolute atomic E-state index is 0.671. The maximum Gasteiger partial charge on any atom is 0.0766 e. The zero-order valence-corrected chi connectivity index (χ0v) is 15.5. The Balaban J connectivity index is 2.15. The molecule has 1 saturated carbocycles. The van der Waals surface area contributed by atoms with Crippen LogP contribution in [0.25, 0.3) is 0 Å². The molecule has 1 aromatic heterocycles. The van der Waals surface area contributed by atoms with E-state index in [2.05, 4.69) is 58.8 Å². The van der Waals surface area contributed by atoms with Crippen molar-refractivity contribution in [1.29, 1.82) is 0 Å². The maximum absolute atomic E-state index is 4.65. The van der Waals surface area contributed by atoms with Crippen LogP contribution in [0, 0.1) is 11.8 Å². The summed E-state index contributed by atoms with van der Waals surface area (Å²) >= 11 is 3.78. The SMILES string of the molecule is CCNC1CCC(CC)CC1Cc1c(Br)c(CC)nn1C. The number of rotatable bonds is 6. The Hall–Kier alpha value is -0.350. The topological polar surface area (TPSA) is 29.9 Å². The van der Waals surface area contributed by atoms with Crippen LogP contribution in [-0.4, -0.2) is 22.4 Å². The van der Waals surface area contributed by atoms with E-state index in [-0.39, 0.29) is 0 Å². The summed E-state index contributed by atoms with van der Waals surface area (Å²) in [5.74, 6) is 1.64. The average molecular weight is 356 g/mol. The summed E-state index contributed by atoms with van der Waals surface area (Å²) < 4.78 is 3.32. The number of nitrogens with one attached hydrogen (secondary N) is 1. The van der Waals surface area contributed by atoms with Gasteiger partial charge in [-0.15, -0.1) is 0 Å². The number of aryl methyl sites for hydroxylation is 2. The van der Waals surface area contributed by atoms with E-state index in [0.717, 1.165) is 31.2 Å². The molecule has 3 atom stereocenters. The molecule has 1 heterocycles. The molecule has 0 amide bonds. The molecule has 0 aliphatic heterocycles. The van der Waals surface area contributed by atoms with Gasteiger partial charge in [0.15, 0.2) is 0 Å². The van der Waals surface area contributed by atoms with Crippen molar-refractivity contribution in [3.05, 3.63) is 15.9 Å². The number of aromatic nitrogens is 2. The molecule has 0 aromatic carbocycles. The number of nitrogens with zero attached hydrogens (tertiary/aromatic N) is 2. The van der Waals surface area contributed by atoms with E-state index in [9.17, 15) is 0 Å². The smallest absolute Gasteiger partial charge is 0.0766 e. The van der Waals surface area contributed by atoms with E-state index < -0.39 is 0 Å². The second-order valence-corrected chi connectivity index (χ2v) is 7.19. The minimum atomic E-state index is 0.671. The van der Waals surface area contributed by atoms with Gasteiger partial charge in [0.1, 0.15) is 0 Å². The average Bonchev–Trinajstić information content (AvgIpc) is 2.76. The second-order valence-electron chi connectivity index (χ2n) is 6.40. The monoisotopic (exact) mass is 355 g/mol. The molecular weight excluding hydrogens is 326 g/mol. The lowest BCUT2D eigenvalue weighted by Gasteiger charge is -2.36. The van der Waals surface area contributed by atoms with Crippen LogP contribution in [0.2, 0.25) is 0 Å². The van der Waals surface area contributed by atoms with Crippen molar-refractivity contribution in [2.45, 2.75) is 65.3 Å². The molecule has 1 fully saturated rings. The molecule has 3 unspecified atom stereocenters. The molecule has 21 heavy (non-hydrogen) atoms. The molecular formula is C17H30BrN3. The Kier molecular flexibility index (Phi) is 6.30. The van der Waals surface area contributed by atoms with Crippen molar-refractivity contribution < 1.29 is 0 Å². The van der Waals surface area contributed by atoms with Gasteiger partial charge in [-0.2, -0.15) is 5.10 Å². The zero-order chi connectivity index (χ0) is 15.4. The lowest BCUT2D eigenvalue weighted by Crippen LogP contribution is -2.41. The standard InChI is InChI=1S/C17H30BrN3/c1-5-12-8-9-15(19-7-3)13(10-12)11-16-17(18)14(6-2)20-21(16)4/h12-13,15,19H,5-11H2,1-4H3. The van der Waals surface area contributed by atoms with Gasteiger partial charge in [0, 0.05) is 13.1 Å². The van der Waals surface area contributed by atoms with E-state index in [1.54, 1.807) is 0 Å². The van der Waals surface area contributed by atoms with E-state index >= 15 is 0 Å². The molecule has 1 aliphatic rings. The minimum Gasteiger partial charge on any atom is -0.314 e. The van der Waals surface area contributed by atoms with Crippen molar-refractivity contribution in [2.75, 3.05) is 6.54 Å². The van der Waals surface area contributed by atoms with Gasteiger partial charge >= 0.3 is 0 Å². The summed E-state index contributed by atoms with van der Waals surface area (Å²) in [6, 6.07) is 0.671. The first-order chi connectivity index (χ1) is 10.1. The fourth-order valence-corrected chi connectivity index (χ4v) is 4.56. The third kappa shape index (κ3) is 3.89. The molecule has 0 bridgehead atoms. The molecule has 1 N–H and O–H groups in total. The first-order valence-electron chi connectivity index (χ1n) is 8.54. The van der Waals surface area contributed by atoms with Gasteiger partial charge in [0.25, 0.3) is 0 Å². The van der Waals surface area contributed by atoms with Crippen molar-refractivity contribution >= 4 is 15.9 Å². The van der Waals surface area contributed by atoms with Crippen molar-refractivity contribution in [3.63, 3.8) is 0 Å². The highest BCUT2D eigenvalue weighted by molar-refractivity contribution is 9.10. The van der Waals surface area contributed by atoms with E-state index in [4.69, 9.17) is 0 Å². The predicted octanol–water partition coefficient (Wildman–Crippen LogP) is 4.09. The van der Waals surface area contributed by atoms with Gasteiger partial charge in [-0.05, 0) is 66.4 Å². The molecule has 3 nitrogen and oxygen atoms in total. The fraction of sp³-hybridized carbons (Fsp3) is 0.824. The van der Waals surface area contributed by atoms with Crippen LogP contribution in [0.3, 0.4) is 0 Å². The first kappa shape index (κ1) is 17.0. The number of hydrogen-bond acceptors (Lipinski definition) is 2. The highest BCUT2D eigenvalue weighted by Crippen LogP contribution is 2.35. The van der Waals surface area contributed by atoms with Gasteiger partial charge in [0.2, 0.25) is 0 Å². The van der Waals surface area contributed by atoms with E-state index in [1.165, 1.54) is 41.5 Å². The van der Waals surface area contributed by atoms with Crippen molar-refractivity contribution in [2.24, 2.45) is 18.9 Å². The fourth-order valence-electron chi connectivity index (χ4n) is 3.78. The van der Waals surface area contributed by atoms with Crippen molar-refractivity contribution in [1.82, 2.24) is 15.1 Å². The van der Waals surface area contributed by atoms with Gasteiger partial charge in [0.05, 0.1) is 15.9 Å². The Labute approximate surface area is 138 Å². The molecule has 2 rings (SSSR count). The summed E-state index contributed by atoms with van der Waals surface area (Å²) in [5.41, 5.74) is 2.56. The van der Waals surface area contributed by atoms with Gasteiger partial charge in [-0.25, -0.2) is 0 Å². The van der Waals surface area contributed by atoms with Gasteiger partial charge in [-0.1, -0.05) is 27.2 Å². The highest BCUT2D eigenvalue weighted by Gasteiger charge is 2.30. The molecule has 0 radical (unpaired) electrons. The zero-order valence-electron chi connectivity index (χ0n) is 14.0. The van der Waals surface area contributed by atoms with Gasteiger partial charge < -0.3 is 5.32 Å². The predicted molar refractivity (Wildman–Crippen MR) is 92.6 cm³/mol. The van der Waals surface area contributed by atoms with Gasteiger partial charge in [-0.3, -0.25) is 4.68 Å². The third-order valence-electron chi connectivity index (χ3n) is 5.09. The first-order valence-corrected chi connectivity index (χ1v) is 9.33. The summed E-state index contributed by atoms with van der Waals surface area (Å²) in [5, 5.41) is 8.37. The third-order valence-corrected chi connectivity index (χ3v) is 6.01. The van der Waals surface area contributed by atoms with Crippen LogP contribution < -0.4 is 5.32 Å². The normalized spacial score (nSPS) is 26.2. The summed E-state index contributed by atoms with van der Waals surface area (Å²) in [6.45, 7) is 7.80. The lowest BCUT2D eigenvalue weighted by atomic mass is 9.75. The van der Waals surface area contributed by atoms with E-state index in [0.29, 0.717) is 6.04 Å². The number of halogens is 1. The quantitative estimate of drug-likeness (QED) is 0.832. The second kappa shape index (κ2) is 7.77. The van der Waals surface area contributed by atoms with Crippen molar-refractivity contribution in [3.8, 4) is 0 Å². The largest absolute Gasteiger partial charge is 0.314 e. The Morgan fingerprint density at radius 3 is 2.62 bits per heavy atom. The van der Waals surface area contributed by atoms with Crippen LogP contribution in [0.4, 0.5) is 0 Å².